The van der Waals surface area contributed by atoms with Crippen LogP contribution in [0.5, 0.6) is 0 Å². The summed E-state index contributed by atoms with van der Waals surface area (Å²) in [5.41, 5.74) is 1.28. The fourth-order valence-corrected chi connectivity index (χ4v) is 2.75. The van der Waals surface area contributed by atoms with Gasteiger partial charge < -0.3 is 0 Å². The van der Waals surface area contributed by atoms with Crippen molar-refractivity contribution in [3.63, 3.8) is 0 Å². The van der Waals surface area contributed by atoms with Crippen LogP contribution >= 0.6 is 11.3 Å². The van der Waals surface area contributed by atoms with Gasteiger partial charge in [-0.3, -0.25) is 4.90 Å². The molecule has 1 aliphatic heterocycles. The Balaban J connectivity index is 1.90. The van der Waals surface area contributed by atoms with Crippen LogP contribution in [0.1, 0.15) is 23.3 Å². The van der Waals surface area contributed by atoms with E-state index in [1.165, 1.54) is 10.4 Å². The van der Waals surface area contributed by atoms with Crippen LogP contribution in [-0.4, -0.2) is 23.9 Å². The maximum absolute atomic E-state index is 12.9. The van der Waals surface area contributed by atoms with Crippen LogP contribution in [0.4, 0.5) is 8.78 Å². The zero-order valence-corrected chi connectivity index (χ0v) is 9.62. The molecular formula is C11H15F2NS. The predicted octanol–water partition coefficient (Wildman–Crippen LogP) is 3.29. The Kier molecular flexibility index (Phi) is 3.07. The summed E-state index contributed by atoms with van der Waals surface area (Å²) in [6.07, 6.45) is 0.0227. The molecule has 84 valence electrons. The fraction of sp³-hybridized carbons (Fsp3) is 0.636. The van der Waals surface area contributed by atoms with Crippen molar-refractivity contribution in [2.75, 3.05) is 13.1 Å². The van der Waals surface area contributed by atoms with Crippen LogP contribution < -0.4 is 0 Å². The number of halogens is 2. The van der Waals surface area contributed by atoms with Crippen molar-refractivity contribution < 1.29 is 8.78 Å². The molecule has 15 heavy (non-hydrogen) atoms. The van der Waals surface area contributed by atoms with Gasteiger partial charge in [0, 0.05) is 37.4 Å². The number of hydrogen-bond donors (Lipinski definition) is 0. The highest BCUT2D eigenvalue weighted by Crippen LogP contribution is 2.29. The van der Waals surface area contributed by atoms with Crippen LogP contribution in [0.3, 0.4) is 0 Å². The predicted molar refractivity (Wildman–Crippen MR) is 58.5 cm³/mol. The van der Waals surface area contributed by atoms with Gasteiger partial charge in [0.1, 0.15) is 0 Å². The normalized spacial score (nSPS) is 21.8. The molecule has 0 unspecified atom stereocenters. The Labute approximate surface area is 92.7 Å². The molecule has 0 amide bonds. The smallest absolute Gasteiger partial charge is 0.250 e. The Morgan fingerprint density at radius 2 is 2.07 bits per heavy atom. The Hall–Kier alpha value is -0.480. The molecule has 1 aliphatic rings. The van der Waals surface area contributed by atoms with Crippen molar-refractivity contribution in [2.24, 2.45) is 0 Å². The van der Waals surface area contributed by atoms with E-state index in [9.17, 15) is 8.78 Å². The van der Waals surface area contributed by atoms with Crippen molar-refractivity contribution in [3.05, 3.63) is 21.9 Å². The lowest BCUT2D eigenvalue weighted by Gasteiger charge is -2.31. The SMILES string of the molecule is Cc1ccsc1CN1CCC(F)(F)CC1. The first-order chi connectivity index (χ1) is 7.07. The largest absolute Gasteiger partial charge is 0.298 e. The minimum Gasteiger partial charge on any atom is -0.298 e. The third-order valence-electron chi connectivity index (χ3n) is 2.92. The van der Waals surface area contributed by atoms with Crippen molar-refractivity contribution in [1.82, 2.24) is 4.90 Å². The highest BCUT2D eigenvalue weighted by Gasteiger charge is 2.33. The van der Waals surface area contributed by atoms with Crippen LogP contribution in [0.2, 0.25) is 0 Å². The molecule has 1 aromatic heterocycles. The Morgan fingerprint density at radius 3 is 2.60 bits per heavy atom. The van der Waals surface area contributed by atoms with E-state index in [1.807, 2.05) is 0 Å². The minimum absolute atomic E-state index is 0.0113. The van der Waals surface area contributed by atoms with Gasteiger partial charge in [-0.25, -0.2) is 8.78 Å². The summed E-state index contributed by atoms with van der Waals surface area (Å²) in [4.78, 5) is 3.43. The number of thiophene rings is 1. The molecule has 0 aromatic carbocycles. The van der Waals surface area contributed by atoms with Gasteiger partial charge in [-0.05, 0) is 23.9 Å². The zero-order chi connectivity index (χ0) is 10.9. The molecule has 0 saturated carbocycles. The number of rotatable bonds is 2. The minimum atomic E-state index is -2.43. The molecule has 0 N–H and O–H groups in total. The summed E-state index contributed by atoms with van der Waals surface area (Å²) < 4.78 is 25.8. The lowest BCUT2D eigenvalue weighted by atomic mass is 10.1. The molecule has 2 heterocycles. The highest BCUT2D eigenvalue weighted by atomic mass is 32.1. The van der Waals surface area contributed by atoms with Crippen LogP contribution in [0.25, 0.3) is 0 Å². The first-order valence-corrected chi connectivity index (χ1v) is 6.08. The van der Waals surface area contributed by atoms with Crippen LogP contribution in [0, 0.1) is 6.92 Å². The zero-order valence-electron chi connectivity index (χ0n) is 8.80. The molecule has 1 fully saturated rings. The number of piperidine rings is 1. The molecule has 1 aromatic rings. The third kappa shape index (κ3) is 2.75. The number of alkyl halides is 2. The summed E-state index contributed by atoms with van der Waals surface area (Å²) in [7, 11) is 0. The van der Waals surface area contributed by atoms with Crippen LogP contribution in [0.15, 0.2) is 11.4 Å². The van der Waals surface area contributed by atoms with Crippen molar-refractivity contribution in [2.45, 2.75) is 32.2 Å². The first kappa shape index (κ1) is 11.0. The maximum atomic E-state index is 12.9. The van der Waals surface area contributed by atoms with Gasteiger partial charge in [-0.2, -0.15) is 0 Å². The molecule has 1 nitrogen and oxygen atoms in total. The number of nitrogens with zero attached hydrogens (tertiary/aromatic N) is 1. The molecule has 1 saturated heterocycles. The second-order valence-electron chi connectivity index (χ2n) is 4.16. The standard InChI is InChI=1S/C11H15F2NS/c1-9-2-7-15-10(9)8-14-5-3-11(12,13)4-6-14/h2,7H,3-6,8H2,1H3. The fourth-order valence-electron chi connectivity index (χ4n) is 1.81. The summed E-state index contributed by atoms with van der Waals surface area (Å²) >= 11 is 1.71. The Morgan fingerprint density at radius 1 is 1.40 bits per heavy atom. The molecule has 0 radical (unpaired) electrons. The molecular weight excluding hydrogens is 216 g/mol. The molecule has 0 aliphatic carbocycles. The summed E-state index contributed by atoms with van der Waals surface area (Å²) in [6.45, 7) is 3.94. The summed E-state index contributed by atoms with van der Waals surface area (Å²) in [5.74, 6) is -2.43. The van der Waals surface area contributed by atoms with Gasteiger partial charge in [0.2, 0.25) is 0 Å². The monoisotopic (exact) mass is 231 g/mol. The van der Waals surface area contributed by atoms with Gasteiger partial charge in [-0.1, -0.05) is 0 Å². The second kappa shape index (κ2) is 4.18. The van der Waals surface area contributed by atoms with E-state index >= 15 is 0 Å². The summed E-state index contributed by atoms with van der Waals surface area (Å²) in [6, 6.07) is 2.08. The van der Waals surface area contributed by atoms with E-state index in [0.717, 1.165) is 6.54 Å². The lowest BCUT2D eigenvalue weighted by Crippen LogP contribution is -2.38. The average molecular weight is 231 g/mol. The topological polar surface area (TPSA) is 3.24 Å². The van der Waals surface area contributed by atoms with Crippen LogP contribution in [-0.2, 0) is 6.54 Å². The number of likely N-dealkylation sites (tertiary alicyclic amines) is 1. The quantitative estimate of drug-likeness (QED) is 0.755. The van der Waals surface area contributed by atoms with Gasteiger partial charge in [0.15, 0.2) is 0 Å². The number of hydrogen-bond acceptors (Lipinski definition) is 2. The number of aryl methyl sites for hydroxylation is 1. The van der Waals surface area contributed by atoms with Gasteiger partial charge >= 0.3 is 0 Å². The van der Waals surface area contributed by atoms with E-state index in [2.05, 4.69) is 23.3 Å². The Bertz CT molecular complexity index is 325. The maximum Gasteiger partial charge on any atom is 0.250 e. The van der Waals surface area contributed by atoms with Crippen molar-refractivity contribution in [1.29, 1.82) is 0 Å². The highest BCUT2D eigenvalue weighted by molar-refractivity contribution is 7.10. The molecule has 2 rings (SSSR count). The summed E-state index contributed by atoms with van der Waals surface area (Å²) in [5, 5.41) is 2.06. The molecule has 0 spiro atoms. The van der Waals surface area contributed by atoms with E-state index < -0.39 is 5.92 Å². The van der Waals surface area contributed by atoms with Gasteiger partial charge in [-0.15, -0.1) is 11.3 Å². The van der Waals surface area contributed by atoms with E-state index in [-0.39, 0.29) is 12.8 Å². The van der Waals surface area contributed by atoms with Crippen molar-refractivity contribution in [3.8, 4) is 0 Å². The third-order valence-corrected chi connectivity index (χ3v) is 3.93. The molecule has 4 heteroatoms. The lowest BCUT2D eigenvalue weighted by molar-refractivity contribution is -0.0565. The first-order valence-electron chi connectivity index (χ1n) is 5.20. The van der Waals surface area contributed by atoms with E-state index in [0.29, 0.717) is 13.1 Å². The van der Waals surface area contributed by atoms with Gasteiger partial charge in [0.25, 0.3) is 5.92 Å². The van der Waals surface area contributed by atoms with Crippen molar-refractivity contribution >= 4 is 11.3 Å². The average Bonchev–Trinajstić information content (AvgIpc) is 2.56. The molecule has 0 atom stereocenters. The van der Waals surface area contributed by atoms with E-state index in [1.54, 1.807) is 11.3 Å². The van der Waals surface area contributed by atoms with Gasteiger partial charge in [0.05, 0.1) is 0 Å². The second-order valence-corrected chi connectivity index (χ2v) is 5.16. The molecule has 0 bridgehead atoms. The van der Waals surface area contributed by atoms with E-state index in [4.69, 9.17) is 0 Å².